The van der Waals surface area contributed by atoms with Crippen molar-refractivity contribution in [1.82, 2.24) is 30.0 Å². The van der Waals surface area contributed by atoms with E-state index in [2.05, 4.69) is 25.5 Å². The first-order chi connectivity index (χ1) is 11.7. The summed E-state index contributed by atoms with van der Waals surface area (Å²) in [6, 6.07) is 3.61. The number of piperazine rings is 1. The van der Waals surface area contributed by atoms with Gasteiger partial charge in [-0.25, -0.2) is 0 Å². The molecule has 2 fully saturated rings. The van der Waals surface area contributed by atoms with E-state index in [1.807, 2.05) is 24.0 Å². The Morgan fingerprint density at radius 3 is 2.73 bits per heavy atom. The molecule has 0 radical (unpaired) electrons. The van der Waals surface area contributed by atoms with Crippen LogP contribution < -0.4 is 10.2 Å². The third kappa shape index (κ3) is 4.01. The van der Waals surface area contributed by atoms with Crippen LogP contribution in [0.2, 0.25) is 0 Å². The Morgan fingerprint density at radius 2 is 2.00 bits per heavy atom. The minimum atomic E-state index is -0.239. The minimum Gasteiger partial charge on any atom is -0.375 e. The quantitative estimate of drug-likeness (QED) is 0.754. The van der Waals surface area contributed by atoms with Crippen molar-refractivity contribution in [3.05, 3.63) is 18.5 Å². The number of nitrogens with one attached hydrogen (secondary N) is 1. The monoisotopic (exact) mass is 403 g/mol. The number of amides is 1. The van der Waals surface area contributed by atoms with E-state index in [0.29, 0.717) is 19.7 Å². The molecule has 1 N–H and O–H groups in total. The fourth-order valence-electron chi connectivity index (χ4n) is 3.25. The number of anilines is 1. The van der Waals surface area contributed by atoms with Crippen LogP contribution in [0.4, 0.5) is 5.82 Å². The number of aromatic nitrogens is 4. The molecule has 11 heteroatoms. The Hall–Kier alpha value is -1.68. The maximum absolute atomic E-state index is 12.7. The molecule has 2 aromatic rings. The first-order valence-electron chi connectivity index (χ1n) is 8.28. The molecule has 2 aliphatic rings. The zero-order chi connectivity index (χ0) is 16.5. The fraction of sp³-hybridized carbons (Fsp3) is 0.600. The van der Waals surface area contributed by atoms with Crippen molar-refractivity contribution < 1.29 is 9.53 Å². The highest BCUT2D eigenvalue weighted by Crippen LogP contribution is 2.15. The highest BCUT2D eigenvalue weighted by molar-refractivity contribution is 5.85. The van der Waals surface area contributed by atoms with Crippen LogP contribution in [-0.4, -0.2) is 82.1 Å². The topological polar surface area (TPSA) is 87.9 Å². The van der Waals surface area contributed by atoms with Crippen molar-refractivity contribution >= 4 is 42.2 Å². The summed E-state index contributed by atoms with van der Waals surface area (Å²) in [6.07, 6.45) is 1.51. The SMILES string of the molecule is C[C@H]1OCCN[C@@H]1C(=O)N1CCN(c2ccc3nncn3n2)CC1.Cl.Cl. The lowest BCUT2D eigenvalue weighted by molar-refractivity contribution is -0.139. The van der Waals surface area contributed by atoms with Crippen LogP contribution in [0.5, 0.6) is 0 Å². The normalized spacial score (nSPS) is 23.3. The number of carbonyl (C=O) groups is 1. The summed E-state index contributed by atoms with van der Waals surface area (Å²) in [5.41, 5.74) is 0.727. The van der Waals surface area contributed by atoms with Crippen LogP contribution in [-0.2, 0) is 9.53 Å². The Bertz CT molecular complexity index is 736. The molecular weight excluding hydrogens is 381 g/mol. The van der Waals surface area contributed by atoms with Crippen LogP contribution in [0, 0.1) is 0 Å². The smallest absolute Gasteiger partial charge is 0.242 e. The van der Waals surface area contributed by atoms with Crippen molar-refractivity contribution in [2.24, 2.45) is 0 Å². The molecule has 2 aliphatic heterocycles. The number of carbonyl (C=O) groups excluding carboxylic acids is 1. The lowest BCUT2D eigenvalue weighted by Gasteiger charge is -2.39. The second-order valence-electron chi connectivity index (χ2n) is 6.15. The van der Waals surface area contributed by atoms with Crippen LogP contribution in [0.1, 0.15) is 6.92 Å². The predicted molar refractivity (Wildman–Crippen MR) is 101 cm³/mol. The van der Waals surface area contributed by atoms with Crippen molar-refractivity contribution in [2.75, 3.05) is 44.2 Å². The summed E-state index contributed by atoms with van der Waals surface area (Å²) in [6.45, 7) is 6.22. The van der Waals surface area contributed by atoms with Gasteiger partial charge in [-0.15, -0.1) is 40.1 Å². The van der Waals surface area contributed by atoms with Gasteiger partial charge < -0.3 is 19.9 Å². The molecule has 2 aromatic heterocycles. The van der Waals surface area contributed by atoms with Crippen LogP contribution in [0.15, 0.2) is 18.5 Å². The minimum absolute atomic E-state index is 0. The van der Waals surface area contributed by atoms with E-state index in [1.54, 1.807) is 10.8 Å². The molecule has 0 aromatic carbocycles. The number of hydrogen-bond donors (Lipinski definition) is 1. The second kappa shape index (κ2) is 8.81. The number of ether oxygens (including phenoxy) is 1. The Balaban J connectivity index is 0.00000121. The molecule has 0 saturated carbocycles. The molecule has 0 bridgehead atoms. The number of morpholine rings is 1. The largest absolute Gasteiger partial charge is 0.375 e. The van der Waals surface area contributed by atoms with Gasteiger partial charge in [0.2, 0.25) is 5.91 Å². The third-order valence-corrected chi connectivity index (χ3v) is 4.65. The first kappa shape index (κ1) is 20.6. The average molecular weight is 404 g/mol. The number of fused-ring (bicyclic) bond motifs is 1. The lowest BCUT2D eigenvalue weighted by Crippen LogP contribution is -2.59. The summed E-state index contributed by atoms with van der Waals surface area (Å²) < 4.78 is 7.25. The van der Waals surface area contributed by atoms with E-state index < -0.39 is 0 Å². The van der Waals surface area contributed by atoms with Gasteiger partial charge >= 0.3 is 0 Å². The van der Waals surface area contributed by atoms with E-state index >= 15 is 0 Å². The van der Waals surface area contributed by atoms with Gasteiger partial charge in [-0.3, -0.25) is 4.79 Å². The van der Waals surface area contributed by atoms with Gasteiger partial charge in [0.1, 0.15) is 18.2 Å². The van der Waals surface area contributed by atoms with E-state index in [-0.39, 0.29) is 42.9 Å². The Morgan fingerprint density at radius 1 is 1.23 bits per heavy atom. The fourth-order valence-corrected chi connectivity index (χ4v) is 3.25. The van der Waals surface area contributed by atoms with Gasteiger partial charge in [-0.1, -0.05) is 0 Å². The van der Waals surface area contributed by atoms with E-state index in [1.165, 1.54) is 0 Å². The molecule has 26 heavy (non-hydrogen) atoms. The number of hydrogen-bond acceptors (Lipinski definition) is 7. The summed E-state index contributed by atoms with van der Waals surface area (Å²) >= 11 is 0. The highest BCUT2D eigenvalue weighted by atomic mass is 35.5. The summed E-state index contributed by atoms with van der Waals surface area (Å²) in [5, 5.41) is 15.6. The third-order valence-electron chi connectivity index (χ3n) is 4.65. The van der Waals surface area contributed by atoms with Crippen LogP contribution in [0.3, 0.4) is 0 Å². The average Bonchev–Trinajstić information content (AvgIpc) is 3.09. The maximum atomic E-state index is 12.7. The molecule has 0 unspecified atom stereocenters. The predicted octanol–water partition coefficient (Wildman–Crippen LogP) is -0.00660. The summed E-state index contributed by atoms with van der Waals surface area (Å²) in [7, 11) is 0. The maximum Gasteiger partial charge on any atom is 0.242 e. The van der Waals surface area contributed by atoms with Crippen molar-refractivity contribution in [3.63, 3.8) is 0 Å². The van der Waals surface area contributed by atoms with Gasteiger partial charge in [0.15, 0.2) is 5.65 Å². The molecule has 1 amide bonds. The van der Waals surface area contributed by atoms with Gasteiger partial charge in [0.05, 0.1) is 12.7 Å². The molecule has 0 aliphatic carbocycles. The summed E-state index contributed by atoms with van der Waals surface area (Å²) in [4.78, 5) is 16.8. The Labute approximate surface area is 163 Å². The van der Waals surface area contributed by atoms with E-state index in [0.717, 1.165) is 31.1 Å². The Kier molecular flexibility index (Phi) is 6.99. The van der Waals surface area contributed by atoms with Gasteiger partial charge in [-0.05, 0) is 19.1 Å². The molecule has 144 valence electrons. The van der Waals surface area contributed by atoms with Crippen molar-refractivity contribution in [1.29, 1.82) is 0 Å². The molecule has 4 rings (SSSR count). The number of rotatable bonds is 2. The van der Waals surface area contributed by atoms with Crippen LogP contribution >= 0.6 is 24.8 Å². The zero-order valence-electron chi connectivity index (χ0n) is 14.4. The van der Waals surface area contributed by atoms with E-state index in [4.69, 9.17) is 4.74 Å². The van der Waals surface area contributed by atoms with Crippen molar-refractivity contribution in [3.8, 4) is 0 Å². The molecular formula is C15H23Cl2N7O2. The number of nitrogens with zero attached hydrogens (tertiary/aromatic N) is 6. The zero-order valence-corrected chi connectivity index (χ0v) is 16.1. The summed E-state index contributed by atoms with van der Waals surface area (Å²) in [5.74, 6) is 1.01. The number of halogens is 2. The molecule has 9 nitrogen and oxygen atoms in total. The van der Waals surface area contributed by atoms with Crippen molar-refractivity contribution in [2.45, 2.75) is 19.1 Å². The highest BCUT2D eigenvalue weighted by Gasteiger charge is 2.33. The van der Waals surface area contributed by atoms with Crippen LogP contribution in [0.25, 0.3) is 5.65 Å². The van der Waals surface area contributed by atoms with Gasteiger partial charge in [-0.2, -0.15) is 4.52 Å². The first-order valence-corrected chi connectivity index (χ1v) is 8.28. The molecule has 2 atom stereocenters. The molecule has 4 heterocycles. The van der Waals surface area contributed by atoms with Gasteiger partial charge in [0.25, 0.3) is 0 Å². The molecule has 2 saturated heterocycles. The lowest BCUT2D eigenvalue weighted by atomic mass is 10.1. The standard InChI is InChI=1S/C15H21N7O2.2ClH/c1-11-14(16-4-9-24-11)15(23)21-7-5-20(6-8-21)13-3-2-12-18-17-10-22(12)19-13;;/h2-3,10-11,14,16H,4-9H2,1H3;2*1H/t11-,14+;;/m1../s1. The van der Waals surface area contributed by atoms with E-state index in [9.17, 15) is 4.79 Å². The second-order valence-corrected chi connectivity index (χ2v) is 6.15. The van der Waals surface area contributed by atoms with Gasteiger partial charge in [0, 0.05) is 32.7 Å². The molecule has 0 spiro atoms.